The van der Waals surface area contributed by atoms with Crippen LogP contribution >= 0.6 is 0 Å². The van der Waals surface area contributed by atoms with Gasteiger partial charge in [-0.3, -0.25) is 14.5 Å². The fraction of sp³-hybridized carbons (Fsp3) is 0.692. The van der Waals surface area contributed by atoms with Crippen molar-refractivity contribution in [1.82, 2.24) is 15.5 Å². The van der Waals surface area contributed by atoms with Crippen LogP contribution in [0.15, 0.2) is 30.3 Å². The third-order valence-corrected chi connectivity index (χ3v) is 7.28. The normalized spacial score (nSPS) is 24.9. The first-order chi connectivity index (χ1) is 15.5. The van der Waals surface area contributed by atoms with Gasteiger partial charge in [0, 0.05) is 26.3 Å². The standard InChI is InChI=1S/C26H41N3O3/c1-3-21(2)23-24(30)27-15-9-19-32-18-8-7-12-26(25(31)28-23)13-16-29(17-14-26)20-22-10-5-4-6-11-22/h4-6,10-11,21,23H,3,7-9,12-20H2,1-2H3,(H,27,30)(H,28,31)/t21-,23-/m0/s1. The Bertz CT molecular complexity index is 716. The van der Waals surface area contributed by atoms with Gasteiger partial charge in [0.15, 0.2) is 0 Å². The molecule has 178 valence electrons. The molecular formula is C26H41N3O3. The molecule has 2 heterocycles. The predicted octanol–water partition coefficient (Wildman–Crippen LogP) is 3.51. The topological polar surface area (TPSA) is 70.7 Å². The predicted molar refractivity (Wildman–Crippen MR) is 127 cm³/mol. The van der Waals surface area contributed by atoms with Crippen LogP contribution in [0.1, 0.15) is 64.4 Å². The monoisotopic (exact) mass is 443 g/mol. The van der Waals surface area contributed by atoms with E-state index >= 15 is 0 Å². The van der Waals surface area contributed by atoms with Gasteiger partial charge in [0.25, 0.3) is 0 Å². The molecule has 2 aliphatic heterocycles. The van der Waals surface area contributed by atoms with Crippen molar-refractivity contribution in [2.75, 3.05) is 32.8 Å². The molecule has 0 bridgehead atoms. The van der Waals surface area contributed by atoms with Crippen LogP contribution in [-0.4, -0.2) is 55.6 Å². The van der Waals surface area contributed by atoms with Crippen molar-refractivity contribution in [3.63, 3.8) is 0 Å². The number of carbonyl (C=O) groups is 2. The minimum absolute atomic E-state index is 0.0651. The summed E-state index contributed by atoms with van der Waals surface area (Å²) in [6.07, 6.45) is 6.13. The largest absolute Gasteiger partial charge is 0.381 e. The van der Waals surface area contributed by atoms with Crippen LogP contribution in [0.5, 0.6) is 0 Å². The van der Waals surface area contributed by atoms with Gasteiger partial charge in [0.2, 0.25) is 11.8 Å². The van der Waals surface area contributed by atoms with E-state index in [1.54, 1.807) is 0 Å². The maximum Gasteiger partial charge on any atom is 0.242 e. The Labute approximate surface area is 193 Å². The summed E-state index contributed by atoms with van der Waals surface area (Å²) in [7, 11) is 0. The van der Waals surface area contributed by atoms with Crippen molar-refractivity contribution >= 4 is 11.8 Å². The molecule has 6 heteroatoms. The van der Waals surface area contributed by atoms with Gasteiger partial charge in [-0.1, -0.05) is 57.0 Å². The molecule has 2 amide bonds. The molecule has 6 nitrogen and oxygen atoms in total. The Kier molecular flexibility index (Phi) is 9.54. The van der Waals surface area contributed by atoms with Crippen LogP contribution in [-0.2, 0) is 20.9 Å². The molecule has 0 radical (unpaired) electrons. The number of nitrogens with zero attached hydrogens (tertiary/aromatic N) is 1. The van der Waals surface area contributed by atoms with Crippen molar-refractivity contribution in [2.45, 2.75) is 71.4 Å². The summed E-state index contributed by atoms with van der Waals surface area (Å²) in [5, 5.41) is 6.20. The van der Waals surface area contributed by atoms with Gasteiger partial charge in [-0.2, -0.15) is 0 Å². The molecule has 0 aromatic heterocycles. The van der Waals surface area contributed by atoms with Crippen LogP contribution in [0.3, 0.4) is 0 Å². The molecule has 0 unspecified atom stereocenters. The number of hydrogen-bond acceptors (Lipinski definition) is 4. The summed E-state index contributed by atoms with van der Waals surface area (Å²) in [6.45, 7) is 8.82. The van der Waals surface area contributed by atoms with E-state index < -0.39 is 11.5 Å². The molecule has 32 heavy (non-hydrogen) atoms. The molecule has 2 fully saturated rings. The second-order valence-corrected chi connectivity index (χ2v) is 9.59. The van der Waals surface area contributed by atoms with Gasteiger partial charge in [-0.05, 0) is 56.7 Å². The molecule has 3 rings (SSSR count). The first kappa shape index (κ1) is 24.7. The Morgan fingerprint density at radius 1 is 1.06 bits per heavy atom. The molecule has 1 aromatic rings. The van der Waals surface area contributed by atoms with E-state index in [0.717, 1.165) is 71.2 Å². The van der Waals surface area contributed by atoms with E-state index in [9.17, 15) is 9.59 Å². The SMILES string of the molecule is CC[C@H](C)[C@@H]1NC(=O)C2(CCCCOCCCNC1=O)CCN(Cc1ccccc1)CC2. The number of carbonyl (C=O) groups excluding carboxylic acids is 2. The van der Waals surface area contributed by atoms with Crippen molar-refractivity contribution in [2.24, 2.45) is 11.3 Å². The van der Waals surface area contributed by atoms with Crippen LogP contribution in [0.4, 0.5) is 0 Å². The second kappa shape index (κ2) is 12.4. The Morgan fingerprint density at radius 3 is 2.50 bits per heavy atom. The maximum absolute atomic E-state index is 13.7. The third-order valence-electron chi connectivity index (χ3n) is 7.28. The van der Waals surface area contributed by atoms with E-state index in [-0.39, 0.29) is 17.7 Å². The summed E-state index contributed by atoms with van der Waals surface area (Å²) in [4.78, 5) is 29.0. The van der Waals surface area contributed by atoms with Crippen LogP contribution < -0.4 is 10.6 Å². The minimum atomic E-state index is -0.476. The fourth-order valence-corrected chi connectivity index (χ4v) is 4.83. The zero-order valence-electron chi connectivity index (χ0n) is 19.9. The van der Waals surface area contributed by atoms with E-state index in [1.807, 2.05) is 13.0 Å². The van der Waals surface area contributed by atoms with E-state index in [0.29, 0.717) is 13.2 Å². The van der Waals surface area contributed by atoms with Gasteiger partial charge in [-0.15, -0.1) is 0 Å². The number of rotatable bonds is 4. The molecule has 2 N–H and O–H groups in total. The lowest BCUT2D eigenvalue weighted by Crippen LogP contribution is -2.56. The maximum atomic E-state index is 13.7. The number of ether oxygens (including phenoxy) is 1. The third kappa shape index (κ3) is 6.79. The minimum Gasteiger partial charge on any atom is -0.381 e. The van der Waals surface area contributed by atoms with Gasteiger partial charge in [0.05, 0.1) is 5.41 Å². The number of benzene rings is 1. The highest BCUT2D eigenvalue weighted by atomic mass is 16.5. The Hall–Kier alpha value is -1.92. The van der Waals surface area contributed by atoms with Crippen molar-refractivity contribution < 1.29 is 14.3 Å². The number of likely N-dealkylation sites (tertiary alicyclic amines) is 1. The summed E-state index contributed by atoms with van der Waals surface area (Å²) < 4.78 is 5.74. The summed E-state index contributed by atoms with van der Waals surface area (Å²) in [6, 6.07) is 10.0. The summed E-state index contributed by atoms with van der Waals surface area (Å²) in [5.74, 6) is 0.0926. The van der Waals surface area contributed by atoms with E-state index in [4.69, 9.17) is 4.74 Å². The van der Waals surface area contributed by atoms with Gasteiger partial charge in [-0.25, -0.2) is 0 Å². The van der Waals surface area contributed by atoms with Crippen molar-refractivity contribution in [3.8, 4) is 0 Å². The van der Waals surface area contributed by atoms with Crippen molar-refractivity contribution in [1.29, 1.82) is 0 Å². The Morgan fingerprint density at radius 2 is 1.78 bits per heavy atom. The van der Waals surface area contributed by atoms with Crippen LogP contribution in [0.2, 0.25) is 0 Å². The number of hydrogen-bond donors (Lipinski definition) is 2. The average molecular weight is 444 g/mol. The highest BCUT2D eigenvalue weighted by molar-refractivity contribution is 5.90. The number of nitrogens with one attached hydrogen (secondary N) is 2. The smallest absolute Gasteiger partial charge is 0.242 e. The first-order valence-electron chi connectivity index (χ1n) is 12.5. The molecule has 2 atom stereocenters. The molecule has 1 spiro atoms. The zero-order valence-corrected chi connectivity index (χ0v) is 19.9. The number of amides is 2. The average Bonchev–Trinajstić information content (AvgIpc) is 2.82. The lowest BCUT2D eigenvalue weighted by Gasteiger charge is -2.42. The fourth-order valence-electron chi connectivity index (χ4n) is 4.83. The molecule has 1 aromatic carbocycles. The zero-order chi connectivity index (χ0) is 22.8. The number of piperidine rings is 1. The van der Waals surface area contributed by atoms with Crippen LogP contribution in [0.25, 0.3) is 0 Å². The second-order valence-electron chi connectivity index (χ2n) is 9.59. The molecule has 2 aliphatic rings. The quantitative estimate of drug-likeness (QED) is 0.747. The van der Waals surface area contributed by atoms with Gasteiger partial charge < -0.3 is 15.4 Å². The highest BCUT2D eigenvalue weighted by Gasteiger charge is 2.42. The summed E-state index contributed by atoms with van der Waals surface area (Å²) >= 11 is 0. The van der Waals surface area contributed by atoms with Gasteiger partial charge >= 0.3 is 0 Å². The lowest BCUT2D eigenvalue weighted by atomic mass is 9.73. The summed E-state index contributed by atoms with van der Waals surface area (Å²) in [5.41, 5.74) is 0.910. The van der Waals surface area contributed by atoms with Crippen LogP contribution in [0, 0.1) is 11.3 Å². The van der Waals surface area contributed by atoms with E-state index in [2.05, 4.69) is 46.7 Å². The molecule has 0 aliphatic carbocycles. The van der Waals surface area contributed by atoms with Gasteiger partial charge in [0.1, 0.15) is 6.04 Å². The molecular weight excluding hydrogens is 402 g/mol. The first-order valence-corrected chi connectivity index (χ1v) is 12.5. The Balaban J connectivity index is 1.71. The highest BCUT2D eigenvalue weighted by Crippen LogP contribution is 2.38. The molecule has 0 saturated carbocycles. The molecule has 2 saturated heterocycles. The van der Waals surface area contributed by atoms with E-state index in [1.165, 1.54) is 5.56 Å². The lowest BCUT2D eigenvalue weighted by molar-refractivity contribution is -0.139. The van der Waals surface area contributed by atoms with Crippen molar-refractivity contribution in [3.05, 3.63) is 35.9 Å².